The second-order valence-electron chi connectivity index (χ2n) is 3.10. The van der Waals surface area contributed by atoms with Gasteiger partial charge in [0.25, 0.3) is 0 Å². The molecule has 0 saturated carbocycles. The van der Waals surface area contributed by atoms with Crippen LogP contribution in [-0.4, -0.2) is 26.4 Å². The summed E-state index contributed by atoms with van der Waals surface area (Å²) in [7, 11) is 1.91. The summed E-state index contributed by atoms with van der Waals surface area (Å²) in [6.45, 7) is 0. The molecule has 0 aliphatic rings. The number of thioether (sulfide) groups is 1. The molecule has 1 aromatic rings. The number of nitrogens with zero attached hydrogens (tertiary/aromatic N) is 3. The monoisotopic (exact) mass is 229 g/mol. The summed E-state index contributed by atoms with van der Waals surface area (Å²) >= 11 is 1.64. The summed E-state index contributed by atoms with van der Waals surface area (Å²) < 4.78 is 1.87. The molecule has 0 saturated heterocycles. The SMILES string of the molecule is Cn1cnnc1SCCCCC(=O)NN. The average molecular weight is 229 g/mol. The molecular weight excluding hydrogens is 214 g/mol. The van der Waals surface area contributed by atoms with E-state index in [1.54, 1.807) is 18.1 Å². The maximum Gasteiger partial charge on any atom is 0.233 e. The summed E-state index contributed by atoms with van der Waals surface area (Å²) in [6, 6.07) is 0. The van der Waals surface area contributed by atoms with Gasteiger partial charge in [0, 0.05) is 19.2 Å². The average Bonchev–Trinajstić information content (AvgIpc) is 2.63. The highest BCUT2D eigenvalue weighted by atomic mass is 32.2. The van der Waals surface area contributed by atoms with Crippen molar-refractivity contribution in [1.82, 2.24) is 20.2 Å². The van der Waals surface area contributed by atoms with Crippen molar-refractivity contribution in [1.29, 1.82) is 0 Å². The van der Waals surface area contributed by atoms with Crippen LogP contribution in [0, 0.1) is 0 Å². The van der Waals surface area contributed by atoms with Gasteiger partial charge in [0.1, 0.15) is 6.33 Å². The number of hydrazine groups is 1. The van der Waals surface area contributed by atoms with Crippen LogP contribution >= 0.6 is 11.8 Å². The fourth-order valence-electron chi connectivity index (χ4n) is 1.03. The van der Waals surface area contributed by atoms with Gasteiger partial charge < -0.3 is 4.57 Å². The van der Waals surface area contributed by atoms with Crippen molar-refractivity contribution in [3.05, 3.63) is 6.33 Å². The molecule has 7 heteroatoms. The molecule has 1 rings (SSSR count). The lowest BCUT2D eigenvalue weighted by molar-refractivity contribution is -0.121. The molecule has 0 aliphatic heterocycles. The third kappa shape index (κ3) is 4.30. The molecule has 0 aliphatic carbocycles. The third-order valence-electron chi connectivity index (χ3n) is 1.86. The number of carbonyl (C=O) groups excluding carboxylic acids is 1. The summed E-state index contributed by atoms with van der Waals surface area (Å²) in [5, 5.41) is 8.62. The first kappa shape index (κ1) is 12.0. The van der Waals surface area contributed by atoms with Gasteiger partial charge in [-0.3, -0.25) is 10.2 Å². The van der Waals surface area contributed by atoms with Gasteiger partial charge in [-0.25, -0.2) is 5.84 Å². The highest BCUT2D eigenvalue weighted by molar-refractivity contribution is 7.99. The molecular formula is C8H15N5OS. The number of aromatic nitrogens is 3. The molecule has 6 nitrogen and oxygen atoms in total. The lowest BCUT2D eigenvalue weighted by atomic mass is 10.2. The van der Waals surface area contributed by atoms with Crippen molar-refractivity contribution in [3.63, 3.8) is 0 Å². The van der Waals surface area contributed by atoms with E-state index in [1.165, 1.54) is 0 Å². The first-order valence-electron chi connectivity index (χ1n) is 4.70. The first-order valence-corrected chi connectivity index (χ1v) is 5.69. The van der Waals surface area contributed by atoms with Crippen LogP contribution in [0.1, 0.15) is 19.3 Å². The highest BCUT2D eigenvalue weighted by Crippen LogP contribution is 2.15. The molecule has 0 bridgehead atoms. The Morgan fingerprint density at radius 1 is 1.67 bits per heavy atom. The molecule has 1 amide bonds. The summed E-state index contributed by atoms with van der Waals surface area (Å²) in [6.07, 6.45) is 3.96. The van der Waals surface area contributed by atoms with E-state index in [2.05, 4.69) is 15.6 Å². The second-order valence-corrected chi connectivity index (χ2v) is 4.16. The summed E-state index contributed by atoms with van der Waals surface area (Å²) in [5.74, 6) is 5.78. The van der Waals surface area contributed by atoms with E-state index < -0.39 is 0 Å². The van der Waals surface area contributed by atoms with Crippen LogP contribution in [0.15, 0.2) is 11.5 Å². The number of hydrogen-bond acceptors (Lipinski definition) is 5. The number of rotatable bonds is 6. The fourth-order valence-corrected chi connectivity index (χ4v) is 1.91. The summed E-state index contributed by atoms with van der Waals surface area (Å²) in [5.41, 5.74) is 2.11. The zero-order chi connectivity index (χ0) is 11.1. The first-order chi connectivity index (χ1) is 7.24. The largest absolute Gasteiger partial charge is 0.312 e. The highest BCUT2D eigenvalue weighted by Gasteiger charge is 2.01. The van der Waals surface area contributed by atoms with E-state index in [4.69, 9.17) is 5.84 Å². The Bertz CT molecular complexity index is 314. The van der Waals surface area contributed by atoms with E-state index in [-0.39, 0.29) is 5.91 Å². The minimum absolute atomic E-state index is 0.112. The molecule has 0 atom stereocenters. The Morgan fingerprint density at radius 3 is 3.07 bits per heavy atom. The number of hydrogen-bond donors (Lipinski definition) is 2. The topological polar surface area (TPSA) is 85.8 Å². The normalized spacial score (nSPS) is 10.3. The number of nitrogens with one attached hydrogen (secondary N) is 1. The van der Waals surface area contributed by atoms with Crippen molar-refractivity contribution in [2.75, 3.05) is 5.75 Å². The quantitative estimate of drug-likeness (QED) is 0.237. The van der Waals surface area contributed by atoms with E-state index in [0.29, 0.717) is 6.42 Å². The van der Waals surface area contributed by atoms with Gasteiger partial charge in [-0.15, -0.1) is 10.2 Å². The zero-order valence-electron chi connectivity index (χ0n) is 8.64. The zero-order valence-corrected chi connectivity index (χ0v) is 9.46. The maximum absolute atomic E-state index is 10.8. The predicted octanol–water partition coefficient (Wildman–Crippen LogP) is 0.0674. The van der Waals surface area contributed by atoms with E-state index in [0.717, 1.165) is 23.8 Å². The molecule has 1 aromatic heterocycles. The van der Waals surface area contributed by atoms with Crippen molar-refractivity contribution in [2.45, 2.75) is 24.4 Å². The fraction of sp³-hybridized carbons (Fsp3) is 0.625. The number of carbonyl (C=O) groups is 1. The van der Waals surface area contributed by atoms with Crippen molar-refractivity contribution in [3.8, 4) is 0 Å². The smallest absolute Gasteiger partial charge is 0.233 e. The third-order valence-corrected chi connectivity index (χ3v) is 2.98. The van der Waals surface area contributed by atoms with E-state index >= 15 is 0 Å². The lowest BCUT2D eigenvalue weighted by Crippen LogP contribution is -2.29. The van der Waals surface area contributed by atoms with Gasteiger partial charge in [-0.1, -0.05) is 11.8 Å². The van der Waals surface area contributed by atoms with E-state index in [1.807, 2.05) is 11.6 Å². The molecule has 15 heavy (non-hydrogen) atoms. The Hall–Kier alpha value is -1.08. The van der Waals surface area contributed by atoms with Crippen LogP contribution in [0.25, 0.3) is 0 Å². The van der Waals surface area contributed by atoms with Crippen molar-refractivity contribution >= 4 is 17.7 Å². The number of unbranched alkanes of at least 4 members (excludes halogenated alkanes) is 1. The molecule has 0 unspecified atom stereocenters. The minimum Gasteiger partial charge on any atom is -0.312 e. The standard InChI is InChI=1S/C8H15N5OS/c1-13-6-10-12-8(13)15-5-3-2-4-7(14)11-9/h6H,2-5,9H2,1H3,(H,11,14). The molecule has 0 aromatic carbocycles. The number of aryl methyl sites for hydroxylation is 1. The molecule has 84 valence electrons. The lowest BCUT2D eigenvalue weighted by Gasteiger charge is -2.00. The van der Waals surface area contributed by atoms with Crippen molar-refractivity contribution < 1.29 is 4.79 Å². The van der Waals surface area contributed by atoms with Crippen molar-refractivity contribution in [2.24, 2.45) is 12.9 Å². The van der Waals surface area contributed by atoms with E-state index in [9.17, 15) is 4.79 Å². The van der Waals surface area contributed by atoms with Crippen LogP contribution in [0.5, 0.6) is 0 Å². The van der Waals surface area contributed by atoms with Gasteiger partial charge in [-0.05, 0) is 12.8 Å². The van der Waals surface area contributed by atoms with Crippen LogP contribution in [0.3, 0.4) is 0 Å². The molecule has 3 N–H and O–H groups in total. The van der Waals surface area contributed by atoms with Gasteiger partial charge in [0.2, 0.25) is 5.91 Å². The van der Waals surface area contributed by atoms with Crippen LogP contribution < -0.4 is 11.3 Å². The Morgan fingerprint density at radius 2 is 2.47 bits per heavy atom. The number of amides is 1. The molecule has 0 radical (unpaired) electrons. The molecule has 0 spiro atoms. The Labute approximate surface area is 92.6 Å². The second kappa shape index (κ2) is 6.41. The van der Waals surface area contributed by atoms with Gasteiger partial charge in [0.15, 0.2) is 5.16 Å². The summed E-state index contributed by atoms with van der Waals surface area (Å²) in [4.78, 5) is 10.8. The molecule has 0 fully saturated rings. The van der Waals surface area contributed by atoms with Gasteiger partial charge in [0.05, 0.1) is 0 Å². The van der Waals surface area contributed by atoms with Gasteiger partial charge >= 0.3 is 0 Å². The van der Waals surface area contributed by atoms with Crippen LogP contribution in [0.4, 0.5) is 0 Å². The minimum atomic E-state index is -0.112. The van der Waals surface area contributed by atoms with Gasteiger partial charge in [-0.2, -0.15) is 0 Å². The Balaban J connectivity index is 2.07. The number of nitrogens with two attached hydrogens (primary N) is 1. The maximum atomic E-state index is 10.8. The van der Waals surface area contributed by atoms with Crippen LogP contribution in [-0.2, 0) is 11.8 Å². The Kier molecular flexibility index (Phi) is 5.13. The predicted molar refractivity (Wildman–Crippen MR) is 57.9 cm³/mol. The van der Waals surface area contributed by atoms with Crippen LogP contribution in [0.2, 0.25) is 0 Å². The molecule has 1 heterocycles.